The van der Waals surface area contributed by atoms with E-state index in [2.05, 4.69) is 6.92 Å². The Morgan fingerprint density at radius 1 is 0.794 bits per heavy atom. The minimum Gasteiger partial charge on any atom is -0.481 e. The first-order chi connectivity index (χ1) is 16.3. The van der Waals surface area contributed by atoms with Crippen LogP contribution in [0.15, 0.2) is 60.7 Å². The predicted octanol–water partition coefficient (Wildman–Crippen LogP) is 6.24. The maximum atomic E-state index is 12.4. The number of Topliss-reactive ketones (excluding diaryl/α,β-unsaturated/α-hetero) is 1. The molecule has 2 aromatic carbocycles. The summed E-state index contributed by atoms with van der Waals surface area (Å²) >= 11 is 0. The van der Waals surface area contributed by atoms with Crippen molar-refractivity contribution in [3.05, 3.63) is 71.8 Å². The summed E-state index contributed by atoms with van der Waals surface area (Å²) in [5.74, 6) is -0.548. The summed E-state index contributed by atoms with van der Waals surface area (Å²) in [6.07, 6.45) is 6.01. The van der Waals surface area contributed by atoms with Crippen molar-refractivity contribution in [1.29, 1.82) is 0 Å². The number of carbonyl (C=O) groups excluding carboxylic acids is 2. The molecule has 0 bridgehead atoms. The number of ether oxygens (including phenoxy) is 1. The highest BCUT2D eigenvalue weighted by Crippen LogP contribution is 2.34. The molecule has 0 amide bonds. The molecule has 0 fully saturated rings. The molecule has 2 rings (SSSR count). The summed E-state index contributed by atoms with van der Waals surface area (Å²) in [5, 5.41) is 9.37. The van der Waals surface area contributed by atoms with Crippen LogP contribution in [0.5, 0.6) is 0 Å². The highest BCUT2D eigenvalue weighted by Gasteiger charge is 2.29. The van der Waals surface area contributed by atoms with Gasteiger partial charge in [-0.1, -0.05) is 87.4 Å². The number of aliphatic carboxylic acids is 1. The van der Waals surface area contributed by atoms with Crippen LogP contribution in [0.1, 0.15) is 82.8 Å². The molecule has 0 aliphatic carbocycles. The highest BCUT2D eigenvalue weighted by molar-refractivity contribution is 5.78. The Morgan fingerprint density at radius 2 is 1.26 bits per heavy atom. The maximum absolute atomic E-state index is 12.4. The van der Waals surface area contributed by atoms with Gasteiger partial charge in [-0.15, -0.1) is 0 Å². The van der Waals surface area contributed by atoms with Crippen molar-refractivity contribution in [3.63, 3.8) is 0 Å². The molecule has 0 aliphatic rings. The van der Waals surface area contributed by atoms with Crippen LogP contribution in [0.3, 0.4) is 0 Å². The van der Waals surface area contributed by atoms with E-state index in [9.17, 15) is 19.5 Å². The molecule has 0 spiro atoms. The summed E-state index contributed by atoms with van der Waals surface area (Å²) in [6, 6.07) is 19.8. The van der Waals surface area contributed by atoms with E-state index in [1.54, 1.807) is 0 Å². The fourth-order valence-corrected chi connectivity index (χ4v) is 4.67. The molecule has 0 saturated heterocycles. The third-order valence-electron chi connectivity index (χ3n) is 6.82. The Hall–Kier alpha value is -2.95. The fraction of sp³-hybridized carbons (Fsp3) is 0.483. The van der Waals surface area contributed by atoms with Crippen molar-refractivity contribution >= 4 is 18.2 Å². The lowest BCUT2D eigenvalue weighted by molar-refractivity contribution is -0.138. The molecule has 2 aromatic rings. The van der Waals surface area contributed by atoms with E-state index in [0.717, 1.165) is 49.7 Å². The lowest BCUT2D eigenvalue weighted by atomic mass is 9.75. The number of benzene rings is 2. The predicted molar refractivity (Wildman–Crippen MR) is 134 cm³/mol. The van der Waals surface area contributed by atoms with Crippen LogP contribution in [-0.4, -0.2) is 29.9 Å². The van der Waals surface area contributed by atoms with Crippen LogP contribution >= 0.6 is 0 Å². The largest absolute Gasteiger partial charge is 0.481 e. The quantitative estimate of drug-likeness (QED) is 0.220. The van der Waals surface area contributed by atoms with Crippen LogP contribution in [0.25, 0.3) is 0 Å². The Kier molecular flexibility index (Phi) is 11.0. The number of carboxylic acid groups (broad SMARTS) is 1. The van der Waals surface area contributed by atoms with Gasteiger partial charge in [0.25, 0.3) is 6.47 Å². The average molecular weight is 467 g/mol. The third-order valence-corrected chi connectivity index (χ3v) is 6.82. The zero-order valence-corrected chi connectivity index (χ0v) is 20.5. The summed E-state index contributed by atoms with van der Waals surface area (Å²) in [4.78, 5) is 34.6. The molecule has 0 aromatic heterocycles. The number of carboxylic acids is 1. The van der Waals surface area contributed by atoms with Gasteiger partial charge in [-0.05, 0) is 36.8 Å². The maximum Gasteiger partial charge on any atom is 0.304 e. The Morgan fingerprint density at radius 3 is 1.74 bits per heavy atom. The van der Waals surface area contributed by atoms with Gasteiger partial charge in [0.2, 0.25) is 0 Å². The van der Waals surface area contributed by atoms with Gasteiger partial charge in [0, 0.05) is 23.7 Å². The minimum atomic E-state index is -0.802. The van der Waals surface area contributed by atoms with Crippen molar-refractivity contribution in [1.82, 2.24) is 0 Å². The van der Waals surface area contributed by atoms with Crippen LogP contribution in [0.2, 0.25) is 0 Å². The summed E-state index contributed by atoms with van der Waals surface area (Å²) in [7, 11) is 0. The van der Waals surface area contributed by atoms with Gasteiger partial charge in [0.15, 0.2) is 0 Å². The van der Waals surface area contributed by atoms with Crippen molar-refractivity contribution < 1.29 is 24.2 Å². The molecule has 0 heterocycles. The summed E-state index contributed by atoms with van der Waals surface area (Å²) in [5.41, 5.74) is 1.47. The van der Waals surface area contributed by atoms with E-state index in [-0.39, 0.29) is 17.6 Å². The smallest absolute Gasteiger partial charge is 0.304 e. The first kappa shape index (κ1) is 27.3. The number of ketones is 1. The number of carbonyl (C=O) groups is 3. The average Bonchev–Trinajstić information content (AvgIpc) is 2.84. The molecule has 2 atom stereocenters. The monoisotopic (exact) mass is 466 g/mol. The molecule has 34 heavy (non-hydrogen) atoms. The standard InChI is InChI=1S/C29H38O5/c1-28(21-27(32)33,24-13-5-3-6-14-24)19-11-9-17-26(31)18-10-12-20-29(2,22-34-23-30)25-15-7-4-8-16-25/h3-8,13-16,23H,9-12,17-22H2,1-2H3,(H,32,33). The topological polar surface area (TPSA) is 80.7 Å². The van der Waals surface area contributed by atoms with Crippen LogP contribution in [-0.2, 0) is 30.0 Å². The van der Waals surface area contributed by atoms with Gasteiger partial charge in [0.1, 0.15) is 12.4 Å². The highest BCUT2D eigenvalue weighted by atomic mass is 16.5. The minimum absolute atomic E-state index is 0.0823. The second-order valence-electron chi connectivity index (χ2n) is 9.78. The van der Waals surface area contributed by atoms with Crippen LogP contribution < -0.4 is 0 Å². The molecule has 1 N–H and O–H groups in total. The zero-order chi connectivity index (χ0) is 24.9. The van der Waals surface area contributed by atoms with Crippen LogP contribution in [0.4, 0.5) is 0 Å². The molecule has 184 valence electrons. The van der Waals surface area contributed by atoms with Gasteiger partial charge in [-0.2, -0.15) is 0 Å². The molecule has 0 radical (unpaired) electrons. The van der Waals surface area contributed by atoms with E-state index in [0.29, 0.717) is 25.9 Å². The molecular formula is C29H38O5. The molecule has 0 aliphatic heterocycles. The van der Waals surface area contributed by atoms with Crippen LogP contribution in [0, 0.1) is 0 Å². The van der Waals surface area contributed by atoms with Gasteiger partial charge in [-0.3, -0.25) is 14.4 Å². The van der Waals surface area contributed by atoms with Gasteiger partial charge in [0.05, 0.1) is 6.42 Å². The SMILES string of the molecule is CC(CCCCC(=O)CCCCC(C)(CC(=O)O)c1ccccc1)(COC=O)c1ccccc1. The van der Waals surface area contributed by atoms with Gasteiger partial charge in [-0.25, -0.2) is 0 Å². The van der Waals surface area contributed by atoms with Gasteiger partial charge < -0.3 is 9.84 Å². The second kappa shape index (κ2) is 13.7. The number of rotatable bonds is 17. The summed E-state index contributed by atoms with van der Waals surface area (Å²) < 4.78 is 5.10. The Balaban J connectivity index is 1.75. The Labute approximate surface area is 203 Å². The van der Waals surface area contributed by atoms with E-state index >= 15 is 0 Å². The van der Waals surface area contributed by atoms with Crippen molar-refractivity contribution in [2.45, 2.75) is 82.5 Å². The number of unbranched alkanes of at least 4 members (excludes halogenated alkanes) is 2. The lowest BCUT2D eigenvalue weighted by Crippen LogP contribution is -2.28. The number of hydrogen-bond donors (Lipinski definition) is 1. The first-order valence-electron chi connectivity index (χ1n) is 12.2. The van der Waals surface area contributed by atoms with Crippen molar-refractivity contribution in [3.8, 4) is 0 Å². The third kappa shape index (κ3) is 8.77. The molecular weight excluding hydrogens is 428 g/mol. The Bertz CT molecular complexity index is 895. The molecule has 0 saturated carbocycles. The van der Waals surface area contributed by atoms with Crippen molar-refractivity contribution in [2.75, 3.05) is 6.61 Å². The second-order valence-corrected chi connectivity index (χ2v) is 9.78. The normalized spacial score (nSPS) is 14.5. The molecule has 2 unspecified atom stereocenters. The number of hydrogen-bond acceptors (Lipinski definition) is 4. The summed E-state index contributed by atoms with van der Waals surface area (Å²) in [6.45, 7) is 4.90. The van der Waals surface area contributed by atoms with E-state index in [4.69, 9.17) is 4.74 Å². The van der Waals surface area contributed by atoms with Crippen molar-refractivity contribution in [2.24, 2.45) is 0 Å². The van der Waals surface area contributed by atoms with Gasteiger partial charge >= 0.3 is 5.97 Å². The lowest BCUT2D eigenvalue weighted by Gasteiger charge is -2.29. The first-order valence-corrected chi connectivity index (χ1v) is 12.2. The molecule has 5 heteroatoms. The zero-order valence-electron chi connectivity index (χ0n) is 20.5. The molecule has 5 nitrogen and oxygen atoms in total. The van der Waals surface area contributed by atoms with E-state index in [1.807, 2.05) is 67.6 Å². The van der Waals surface area contributed by atoms with E-state index < -0.39 is 11.4 Å². The van der Waals surface area contributed by atoms with E-state index in [1.165, 1.54) is 0 Å². The fourth-order valence-electron chi connectivity index (χ4n) is 4.67.